The molecule has 26 heavy (non-hydrogen) atoms. The minimum Gasteiger partial charge on any atom is -0.507 e. The molecular weight excluding hydrogens is 487 g/mol. The number of hydrogen-bond donors (Lipinski definition) is 2. The van der Waals surface area contributed by atoms with E-state index in [-0.39, 0.29) is 5.75 Å². The third-order valence-corrected chi connectivity index (χ3v) is 5.29. The molecule has 1 amide bonds. The summed E-state index contributed by atoms with van der Waals surface area (Å²) in [5.41, 5.74) is 2.71. The summed E-state index contributed by atoms with van der Waals surface area (Å²) >= 11 is 9.30. The molecule has 0 aliphatic carbocycles. The van der Waals surface area contributed by atoms with Crippen LogP contribution in [0.3, 0.4) is 0 Å². The number of carbonyl (C=O) groups is 1. The lowest BCUT2D eigenvalue weighted by atomic mass is 10.2. The molecule has 0 aliphatic rings. The minimum absolute atomic E-state index is 0.0529. The van der Waals surface area contributed by atoms with Crippen molar-refractivity contribution in [3.8, 4) is 5.75 Å². The van der Waals surface area contributed by atoms with Crippen LogP contribution in [-0.2, 0) is 0 Å². The van der Waals surface area contributed by atoms with Crippen molar-refractivity contribution in [1.82, 2.24) is 5.43 Å². The fourth-order valence-electron chi connectivity index (χ4n) is 1.95. The number of rotatable bonds is 5. The quantitative estimate of drug-likeness (QED) is 0.290. The standard InChI is InChI=1S/C18H12ClIN2O3S/c19-12-2-5-14(6-3-12)26-17-8-4-13(25-17)10-21-22-18(24)11-1-7-15(20)16(23)9-11/h1-10,23H,(H,22,24)/b21-10-. The Kier molecular flexibility index (Phi) is 6.23. The first-order valence-corrected chi connectivity index (χ1v) is 9.64. The van der Waals surface area contributed by atoms with E-state index < -0.39 is 5.91 Å². The zero-order valence-electron chi connectivity index (χ0n) is 13.1. The van der Waals surface area contributed by atoms with Crippen LogP contribution in [0.25, 0.3) is 0 Å². The molecule has 1 heterocycles. The zero-order valence-corrected chi connectivity index (χ0v) is 16.9. The van der Waals surface area contributed by atoms with Gasteiger partial charge in [0.1, 0.15) is 11.5 Å². The lowest BCUT2D eigenvalue weighted by molar-refractivity contribution is 0.0954. The van der Waals surface area contributed by atoms with Crippen LogP contribution in [0.15, 0.2) is 74.1 Å². The molecule has 3 rings (SSSR count). The first kappa shape index (κ1) is 18.8. The maximum Gasteiger partial charge on any atom is 0.271 e. The molecule has 0 atom stereocenters. The van der Waals surface area contributed by atoms with E-state index in [2.05, 4.69) is 10.5 Å². The Morgan fingerprint density at radius 1 is 1.19 bits per heavy atom. The number of phenolic OH excluding ortho intramolecular Hbond substituents is 1. The molecule has 132 valence electrons. The molecule has 8 heteroatoms. The fraction of sp³-hybridized carbons (Fsp3) is 0. The number of furan rings is 1. The lowest BCUT2D eigenvalue weighted by Gasteiger charge is -2.01. The Morgan fingerprint density at radius 3 is 2.69 bits per heavy atom. The molecule has 5 nitrogen and oxygen atoms in total. The topological polar surface area (TPSA) is 74.8 Å². The van der Waals surface area contributed by atoms with Gasteiger partial charge in [0.25, 0.3) is 5.91 Å². The summed E-state index contributed by atoms with van der Waals surface area (Å²) < 4.78 is 6.30. The second-order valence-electron chi connectivity index (χ2n) is 5.08. The number of carbonyl (C=O) groups excluding carboxylic acids is 1. The third-order valence-electron chi connectivity index (χ3n) is 3.20. The number of nitrogens with zero attached hydrogens (tertiary/aromatic N) is 1. The molecule has 3 aromatic rings. The van der Waals surface area contributed by atoms with Gasteiger partial charge in [0, 0.05) is 15.5 Å². The molecule has 0 saturated heterocycles. The number of phenols is 1. The largest absolute Gasteiger partial charge is 0.507 e. The minimum atomic E-state index is -0.421. The highest BCUT2D eigenvalue weighted by atomic mass is 127. The van der Waals surface area contributed by atoms with Gasteiger partial charge in [0.05, 0.1) is 9.78 Å². The molecule has 0 unspecified atom stereocenters. The Labute approximate surface area is 172 Å². The van der Waals surface area contributed by atoms with Crippen LogP contribution in [-0.4, -0.2) is 17.2 Å². The third kappa shape index (κ3) is 5.03. The van der Waals surface area contributed by atoms with Gasteiger partial charge in [-0.3, -0.25) is 4.79 Å². The summed E-state index contributed by atoms with van der Waals surface area (Å²) in [4.78, 5) is 13.0. The maximum atomic E-state index is 12.0. The number of aromatic hydroxyl groups is 1. The molecule has 0 bridgehead atoms. The predicted molar refractivity (Wildman–Crippen MR) is 110 cm³/mol. The van der Waals surface area contributed by atoms with Crippen molar-refractivity contribution in [3.05, 3.63) is 74.5 Å². The van der Waals surface area contributed by atoms with Crippen LogP contribution in [0.5, 0.6) is 5.75 Å². The number of hydrogen-bond acceptors (Lipinski definition) is 5. The molecule has 0 aliphatic heterocycles. The van der Waals surface area contributed by atoms with Crippen molar-refractivity contribution in [3.63, 3.8) is 0 Å². The average molecular weight is 499 g/mol. The van der Waals surface area contributed by atoms with E-state index in [4.69, 9.17) is 16.0 Å². The average Bonchev–Trinajstić information content (AvgIpc) is 3.06. The van der Waals surface area contributed by atoms with Crippen molar-refractivity contribution in [2.45, 2.75) is 9.99 Å². The van der Waals surface area contributed by atoms with Crippen LogP contribution in [0, 0.1) is 3.57 Å². The molecule has 0 saturated carbocycles. The number of benzene rings is 2. The van der Waals surface area contributed by atoms with Crippen LogP contribution in [0.1, 0.15) is 16.1 Å². The summed E-state index contributed by atoms with van der Waals surface area (Å²) in [6.45, 7) is 0. The molecular formula is C18H12ClIN2O3S. The number of nitrogens with one attached hydrogen (secondary N) is 1. The van der Waals surface area contributed by atoms with E-state index in [9.17, 15) is 9.90 Å². The summed E-state index contributed by atoms with van der Waals surface area (Å²) in [6, 6.07) is 15.7. The summed E-state index contributed by atoms with van der Waals surface area (Å²) in [5, 5.41) is 14.9. The summed E-state index contributed by atoms with van der Waals surface area (Å²) in [7, 11) is 0. The molecule has 2 aromatic carbocycles. The van der Waals surface area contributed by atoms with Crippen LogP contribution < -0.4 is 5.43 Å². The number of halogens is 2. The highest BCUT2D eigenvalue weighted by Gasteiger charge is 2.07. The predicted octanol–water partition coefficient (Wildman–Crippen LogP) is 5.16. The zero-order chi connectivity index (χ0) is 18.5. The van der Waals surface area contributed by atoms with Crippen molar-refractivity contribution < 1.29 is 14.3 Å². The Bertz CT molecular complexity index is 957. The van der Waals surface area contributed by atoms with Crippen LogP contribution >= 0.6 is 46.0 Å². The van der Waals surface area contributed by atoms with Gasteiger partial charge in [-0.05, 0) is 77.2 Å². The van der Waals surface area contributed by atoms with E-state index in [1.54, 1.807) is 18.2 Å². The maximum absolute atomic E-state index is 12.0. The second-order valence-corrected chi connectivity index (χ2v) is 7.75. The molecule has 0 fully saturated rings. The smallest absolute Gasteiger partial charge is 0.271 e. The summed E-state index contributed by atoms with van der Waals surface area (Å²) in [6.07, 6.45) is 1.41. The number of hydrazone groups is 1. The molecule has 2 N–H and O–H groups in total. The monoisotopic (exact) mass is 498 g/mol. The fourth-order valence-corrected chi connectivity index (χ4v) is 3.19. The summed E-state index contributed by atoms with van der Waals surface area (Å²) in [5.74, 6) is 0.139. The van der Waals surface area contributed by atoms with Crippen LogP contribution in [0.2, 0.25) is 5.02 Å². The van der Waals surface area contributed by atoms with Crippen molar-refractivity contribution in [1.29, 1.82) is 0 Å². The van der Waals surface area contributed by atoms with E-state index in [1.807, 2.05) is 52.9 Å². The van der Waals surface area contributed by atoms with Crippen molar-refractivity contribution >= 4 is 58.1 Å². The highest BCUT2D eigenvalue weighted by Crippen LogP contribution is 2.29. The SMILES string of the molecule is O=C(N/N=C\c1ccc(Sc2ccc(Cl)cc2)o1)c1ccc(I)c(O)c1. The van der Waals surface area contributed by atoms with E-state index in [0.717, 1.165) is 4.90 Å². The van der Waals surface area contributed by atoms with Crippen molar-refractivity contribution in [2.75, 3.05) is 0 Å². The van der Waals surface area contributed by atoms with Gasteiger partial charge < -0.3 is 9.52 Å². The van der Waals surface area contributed by atoms with Gasteiger partial charge in [-0.15, -0.1) is 0 Å². The Balaban J connectivity index is 1.58. The van der Waals surface area contributed by atoms with Gasteiger partial charge in [0.2, 0.25) is 0 Å². The van der Waals surface area contributed by atoms with E-state index in [1.165, 1.54) is 24.0 Å². The Hall–Kier alpha value is -1.97. The molecule has 0 radical (unpaired) electrons. The first-order valence-electron chi connectivity index (χ1n) is 7.36. The van der Waals surface area contributed by atoms with Gasteiger partial charge in [0.15, 0.2) is 5.09 Å². The number of amides is 1. The van der Waals surface area contributed by atoms with Gasteiger partial charge in [-0.2, -0.15) is 5.10 Å². The lowest BCUT2D eigenvalue weighted by Crippen LogP contribution is -2.17. The van der Waals surface area contributed by atoms with Gasteiger partial charge in [-0.25, -0.2) is 5.43 Å². The van der Waals surface area contributed by atoms with E-state index in [0.29, 0.717) is 25.0 Å². The molecule has 0 spiro atoms. The highest BCUT2D eigenvalue weighted by molar-refractivity contribution is 14.1. The van der Waals surface area contributed by atoms with Crippen LogP contribution in [0.4, 0.5) is 0 Å². The van der Waals surface area contributed by atoms with E-state index >= 15 is 0 Å². The molecule has 1 aromatic heterocycles. The second kappa shape index (κ2) is 8.61. The Morgan fingerprint density at radius 2 is 1.96 bits per heavy atom. The normalized spacial score (nSPS) is 11.0. The van der Waals surface area contributed by atoms with Gasteiger partial charge >= 0.3 is 0 Å². The van der Waals surface area contributed by atoms with Crippen molar-refractivity contribution in [2.24, 2.45) is 5.10 Å². The first-order chi connectivity index (χ1) is 12.5. The van der Waals surface area contributed by atoms with Gasteiger partial charge in [-0.1, -0.05) is 23.4 Å².